The zero-order valence-electron chi connectivity index (χ0n) is 11.1. The quantitative estimate of drug-likeness (QED) is 0.577. The highest BCUT2D eigenvalue weighted by molar-refractivity contribution is 8.14. The third kappa shape index (κ3) is 3.12. The first-order chi connectivity index (χ1) is 9.66. The summed E-state index contributed by atoms with van der Waals surface area (Å²) in [7, 11) is 2.89. The fourth-order valence-electron chi connectivity index (χ4n) is 2.05. The van der Waals surface area contributed by atoms with Crippen molar-refractivity contribution in [1.82, 2.24) is 5.06 Å². The summed E-state index contributed by atoms with van der Waals surface area (Å²) < 4.78 is 42.7. The van der Waals surface area contributed by atoms with Crippen LogP contribution in [-0.2, 0) is 9.57 Å². The highest BCUT2D eigenvalue weighted by atomic mass is 32.2. The molecule has 3 N–H and O–H groups in total. The second-order valence-corrected chi connectivity index (χ2v) is 5.70. The Morgan fingerprint density at radius 3 is 2.52 bits per heavy atom. The molecule has 2 aliphatic rings. The molecule has 1 fully saturated rings. The Kier molecular flexibility index (Phi) is 4.71. The van der Waals surface area contributed by atoms with Crippen LogP contribution in [0.2, 0.25) is 0 Å². The largest absolute Gasteiger partial charge is 0.417 e. The van der Waals surface area contributed by atoms with E-state index >= 15 is 0 Å². The highest BCUT2D eigenvalue weighted by Gasteiger charge is 2.56. The molecule has 0 saturated carbocycles. The lowest BCUT2D eigenvalue weighted by Crippen LogP contribution is -2.60. The molecule has 2 heterocycles. The van der Waals surface area contributed by atoms with Gasteiger partial charge in [-0.3, -0.25) is 9.83 Å². The molecule has 2 rings (SSSR count). The third-order valence-electron chi connectivity index (χ3n) is 3.28. The zero-order chi connectivity index (χ0) is 15.9. The molecule has 0 bridgehead atoms. The number of thioether (sulfide) groups is 1. The number of hydrogen-bond donors (Lipinski definition) is 3. The Bertz CT molecular complexity index is 424. The van der Waals surface area contributed by atoms with Crippen LogP contribution in [0.3, 0.4) is 0 Å². The Hall–Kier alpha value is -0.590. The summed E-state index contributed by atoms with van der Waals surface area (Å²) in [5.41, 5.74) is -0.946. The maximum absolute atomic E-state index is 12.6. The van der Waals surface area contributed by atoms with Crippen molar-refractivity contribution in [1.29, 1.82) is 0 Å². The van der Waals surface area contributed by atoms with Crippen LogP contribution in [0.25, 0.3) is 0 Å². The minimum Gasteiger partial charge on any atom is -0.388 e. The molecule has 0 radical (unpaired) electrons. The van der Waals surface area contributed by atoms with E-state index in [0.717, 1.165) is 11.8 Å². The van der Waals surface area contributed by atoms with E-state index in [-0.39, 0.29) is 0 Å². The minimum absolute atomic E-state index is 0.292. The summed E-state index contributed by atoms with van der Waals surface area (Å²) in [6.45, 7) is 0. The molecule has 0 amide bonds. The van der Waals surface area contributed by atoms with E-state index in [0.29, 0.717) is 5.17 Å². The Labute approximate surface area is 122 Å². The van der Waals surface area contributed by atoms with E-state index in [1.165, 1.54) is 19.2 Å². The SMILES string of the molecule is CON(C)C1=N[C@@H]2[C@@H](O)[C@H](O)[C@@H]([C@@H](O)C(F)(F)F)O[C@@H]2S1. The lowest BCUT2D eigenvalue weighted by Gasteiger charge is -2.40. The normalized spacial score (nSPS) is 37.9. The fraction of sp³-hybridized carbons (Fsp3) is 0.900. The molecule has 0 aromatic heterocycles. The number of hydroxylamine groups is 2. The molecule has 21 heavy (non-hydrogen) atoms. The molecule has 11 heteroatoms. The van der Waals surface area contributed by atoms with Gasteiger partial charge in [-0.15, -0.1) is 0 Å². The summed E-state index contributed by atoms with van der Waals surface area (Å²) >= 11 is 0.944. The Morgan fingerprint density at radius 1 is 1.38 bits per heavy atom. The van der Waals surface area contributed by atoms with Gasteiger partial charge in [0.05, 0.1) is 7.11 Å². The molecule has 1 saturated heterocycles. The smallest absolute Gasteiger partial charge is 0.388 e. The molecule has 122 valence electrons. The number of nitrogens with zero attached hydrogens (tertiary/aromatic N) is 2. The van der Waals surface area contributed by atoms with E-state index in [1.54, 1.807) is 0 Å². The number of alkyl halides is 3. The van der Waals surface area contributed by atoms with Crippen LogP contribution < -0.4 is 0 Å². The fourth-order valence-corrected chi connectivity index (χ4v) is 3.21. The van der Waals surface area contributed by atoms with Gasteiger partial charge >= 0.3 is 6.18 Å². The Morgan fingerprint density at radius 2 is 2.00 bits per heavy atom. The van der Waals surface area contributed by atoms with Crippen molar-refractivity contribution in [2.24, 2.45) is 4.99 Å². The average molecular weight is 332 g/mol. The van der Waals surface area contributed by atoms with Crippen molar-refractivity contribution < 1.29 is 38.1 Å². The van der Waals surface area contributed by atoms with E-state index in [2.05, 4.69) is 4.99 Å². The van der Waals surface area contributed by atoms with Gasteiger partial charge in [-0.2, -0.15) is 13.2 Å². The van der Waals surface area contributed by atoms with Crippen LogP contribution in [-0.4, -0.2) is 81.8 Å². The van der Waals surface area contributed by atoms with Gasteiger partial charge in [0.25, 0.3) is 0 Å². The first kappa shape index (κ1) is 16.8. The number of amidine groups is 1. The summed E-state index contributed by atoms with van der Waals surface area (Å²) in [6.07, 6.45) is -13.3. The van der Waals surface area contributed by atoms with Crippen molar-refractivity contribution in [2.45, 2.75) is 42.1 Å². The predicted octanol–water partition coefficient (Wildman–Crippen LogP) is -0.679. The molecule has 0 aliphatic carbocycles. The lowest BCUT2D eigenvalue weighted by atomic mass is 9.94. The van der Waals surface area contributed by atoms with Gasteiger partial charge in [0.1, 0.15) is 29.8 Å². The minimum atomic E-state index is -4.96. The van der Waals surface area contributed by atoms with Gasteiger partial charge in [0, 0.05) is 7.05 Å². The van der Waals surface area contributed by atoms with E-state index in [1.807, 2.05) is 0 Å². The maximum Gasteiger partial charge on any atom is 0.417 e. The van der Waals surface area contributed by atoms with Gasteiger partial charge < -0.3 is 20.1 Å². The molecular formula is C10H15F3N2O5S. The van der Waals surface area contributed by atoms with Crippen LogP contribution in [0, 0.1) is 0 Å². The average Bonchev–Trinajstić information content (AvgIpc) is 2.84. The van der Waals surface area contributed by atoms with Crippen LogP contribution in [0.15, 0.2) is 4.99 Å². The van der Waals surface area contributed by atoms with Crippen molar-refractivity contribution in [2.75, 3.05) is 14.2 Å². The van der Waals surface area contributed by atoms with E-state index in [9.17, 15) is 28.5 Å². The molecule has 0 spiro atoms. The number of aliphatic hydroxyl groups is 3. The second-order valence-electron chi connectivity index (χ2n) is 4.64. The van der Waals surface area contributed by atoms with Crippen LogP contribution in [0.1, 0.15) is 0 Å². The summed E-state index contributed by atoms with van der Waals surface area (Å²) in [5.74, 6) is 0. The summed E-state index contributed by atoms with van der Waals surface area (Å²) in [6, 6.07) is -0.936. The molecule has 0 aromatic rings. The van der Waals surface area contributed by atoms with Crippen molar-refractivity contribution >= 4 is 16.9 Å². The first-order valence-corrected chi connectivity index (χ1v) is 6.83. The predicted molar refractivity (Wildman–Crippen MR) is 66.3 cm³/mol. The zero-order valence-corrected chi connectivity index (χ0v) is 11.9. The van der Waals surface area contributed by atoms with E-state index in [4.69, 9.17) is 9.57 Å². The standard InChI is InChI=1S/C10H15F3N2O5S/c1-15(19-2)9-14-3-4(16)5(17)6(20-8(3)21-9)7(18)10(11,12)13/h3-8,16-18H,1-2H3/t3-,4-,5+,6+,7-,8-/m1/s1. The number of hydrogen-bond acceptors (Lipinski definition) is 8. The van der Waals surface area contributed by atoms with Crippen LogP contribution in [0.4, 0.5) is 13.2 Å². The lowest BCUT2D eigenvalue weighted by molar-refractivity contribution is -0.271. The van der Waals surface area contributed by atoms with Gasteiger partial charge in [-0.05, 0) is 0 Å². The van der Waals surface area contributed by atoms with E-state index < -0.39 is 42.1 Å². The third-order valence-corrected chi connectivity index (χ3v) is 4.47. The topological polar surface area (TPSA) is 94.8 Å². The highest BCUT2D eigenvalue weighted by Crippen LogP contribution is 2.39. The molecule has 6 atom stereocenters. The second kappa shape index (κ2) is 5.89. The van der Waals surface area contributed by atoms with Crippen LogP contribution >= 0.6 is 11.8 Å². The van der Waals surface area contributed by atoms with Gasteiger partial charge in [-0.1, -0.05) is 11.8 Å². The first-order valence-electron chi connectivity index (χ1n) is 5.95. The number of fused-ring (bicyclic) bond motifs is 1. The van der Waals surface area contributed by atoms with Gasteiger partial charge in [0.2, 0.25) is 0 Å². The van der Waals surface area contributed by atoms with Crippen molar-refractivity contribution in [3.05, 3.63) is 0 Å². The molecule has 0 aromatic carbocycles. The number of ether oxygens (including phenoxy) is 1. The number of halogens is 3. The molecule has 0 unspecified atom stereocenters. The molecule has 7 nitrogen and oxygen atoms in total. The van der Waals surface area contributed by atoms with Crippen molar-refractivity contribution in [3.8, 4) is 0 Å². The Balaban J connectivity index is 2.16. The number of aliphatic imine (C=N–C) groups is 1. The monoisotopic (exact) mass is 332 g/mol. The summed E-state index contributed by atoms with van der Waals surface area (Å²) in [4.78, 5) is 8.93. The van der Waals surface area contributed by atoms with Crippen molar-refractivity contribution in [3.63, 3.8) is 0 Å². The molecule has 2 aliphatic heterocycles. The summed E-state index contributed by atoms with van der Waals surface area (Å²) in [5, 5.41) is 30.4. The van der Waals surface area contributed by atoms with Gasteiger partial charge in [0.15, 0.2) is 11.3 Å². The maximum atomic E-state index is 12.6. The number of aliphatic hydroxyl groups excluding tert-OH is 3. The van der Waals surface area contributed by atoms with Gasteiger partial charge in [-0.25, -0.2) is 5.06 Å². The molecular weight excluding hydrogens is 317 g/mol. The van der Waals surface area contributed by atoms with Crippen LogP contribution in [0.5, 0.6) is 0 Å². The number of rotatable bonds is 2.